The zero-order valence-electron chi connectivity index (χ0n) is 13.4. The first-order chi connectivity index (χ1) is 11.2. The molecular formula is C19H23NO3. The van der Waals surface area contributed by atoms with Gasteiger partial charge in [-0.3, -0.25) is 4.90 Å². The van der Waals surface area contributed by atoms with Crippen LogP contribution in [0.1, 0.15) is 30.9 Å². The van der Waals surface area contributed by atoms with E-state index in [-0.39, 0.29) is 17.3 Å². The number of phenols is 1. The average molecular weight is 313 g/mol. The van der Waals surface area contributed by atoms with Crippen LogP contribution in [0, 0.1) is 5.92 Å². The van der Waals surface area contributed by atoms with E-state index in [4.69, 9.17) is 4.74 Å². The second-order valence-electron chi connectivity index (χ2n) is 7.49. The molecule has 0 radical (unpaired) electrons. The summed E-state index contributed by atoms with van der Waals surface area (Å²) in [5, 5.41) is 20.8. The molecule has 4 heteroatoms. The molecule has 2 aliphatic carbocycles. The molecule has 2 aliphatic heterocycles. The number of hydrogen-bond donors (Lipinski definition) is 2. The lowest BCUT2D eigenvalue weighted by molar-refractivity contribution is -0.0515. The van der Waals surface area contributed by atoms with Crippen LogP contribution < -0.4 is 4.74 Å². The first kappa shape index (κ1) is 13.9. The van der Waals surface area contributed by atoms with Crippen molar-refractivity contribution in [2.24, 2.45) is 5.92 Å². The van der Waals surface area contributed by atoms with Crippen molar-refractivity contribution in [2.75, 3.05) is 13.1 Å². The topological polar surface area (TPSA) is 52.9 Å². The van der Waals surface area contributed by atoms with E-state index in [0.717, 1.165) is 32.4 Å². The zero-order chi connectivity index (χ0) is 15.8. The van der Waals surface area contributed by atoms with Gasteiger partial charge in [-0.2, -0.15) is 0 Å². The Morgan fingerprint density at radius 2 is 2.22 bits per heavy atom. The van der Waals surface area contributed by atoms with Gasteiger partial charge in [0.2, 0.25) is 0 Å². The molecule has 2 heterocycles. The number of likely N-dealkylation sites (tertiary alicyclic amines) is 1. The Labute approximate surface area is 136 Å². The van der Waals surface area contributed by atoms with Gasteiger partial charge in [0.15, 0.2) is 11.5 Å². The van der Waals surface area contributed by atoms with Gasteiger partial charge < -0.3 is 14.9 Å². The van der Waals surface area contributed by atoms with Crippen LogP contribution in [0.2, 0.25) is 0 Å². The summed E-state index contributed by atoms with van der Waals surface area (Å²) >= 11 is 0. The maximum atomic E-state index is 10.5. The largest absolute Gasteiger partial charge is 0.504 e. The summed E-state index contributed by atoms with van der Waals surface area (Å²) in [4.78, 5) is 2.61. The minimum absolute atomic E-state index is 0.162. The second-order valence-corrected chi connectivity index (χ2v) is 7.49. The van der Waals surface area contributed by atoms with E-state index in [0.29, 0.717) is 17.7 Å². The Balaban J connectivity index is 1.74. The zero-order valence-corrected chi connectivity index (χ0v) is 13.4. The van der Waals surface area contributed by atoms with Gasteiger partial charge in [0.05, 0.1) is 0 Å². The number of aliphatic hydroxyl groups is 1. The maximum absolute atomic E-state index is 10.5. The van der Waals surface area contributed by atoms with Gasteiger partial charge >= 0.3 is 0 Å². The van der Waals surface area contributed by atoms with E-state index in [1.165, 1.54) is 11.1 Å². The maximum Gasteiger partial charge on any atom is 0.165 e. The first-order valence-electron chi connectivity index (χ1n) is 8.79. The fraction of sp³-hybridized carbons (Fsp3) is 0.579. The number of piperidine rings is 1. The van der Waals surface area contributed by atoms with Crippen LogP contribution in [0.4, 0.5) is 0 Å². The van der Waals surface area contributed by atoms with E-state index in [1.807, 2.05) is 6.08 Å². The number of aliphatic hydroxyl groups excluding tert-OH is 1. The number of phenolic OH excluding ortho intramolecular Hbond substituents is 1. The van der Waals surface area contributed by atoms with Gasteiger partial charge in [0.25, 0.3) is 0 Å². The highest BCUT2D eigenvalue weighted by molar-refractivity contribution is 5.61. The van der Waals surface area contributed by atoms with E-state index in [9.17, 15) is 10.2 Å². The third-order valence-electron chi connectivity index (χ3n) is 6.50. The van der Waals surface area contributed by atoms with Crippen LogP contribution in [0.5, 0.6) is 11.5 Å². The standard InChI is InChI=1S/C19H23NO3/c1-2-8-20-9-7-19-12-4-6-15(22)18(19)23-17-14(21)5-3-11(16(17)19)10-13(12)20/h3-6,12-13,15,18,21-22H,2,7-10H2,1H3/t12-,13+,15-,18-,19-/m0/s1. The third kappa shape index (κ3) is 1.54. The highest BCUT2D eigenvalue weighted by Crippen LogP contribution is 2.62. The number of nitrogens with zero attached hydrogens (tertiary/aromatic N) is 1. The fourth-order valence-corrected chi connectivity index (χ4v) is 5.70. The molecule has 1 aromatic carbocycles. The van der Waals surface area contributed by atoms with Crippen molar-refractivity contribution in [3.63, 3.8) is 0 Å². The molecule has 4 nitrogen and oxygen atoms in total. The Morgan fingerprint density at radius 3 is 3.04 bits per heavy atom. The molecule has 2 bridgehead atoms. The van der Waals surface area contributed by atoms with Gasteiger partial charge in [-0.1, -0.05) is 25.1 Å². The van der Waals surface area contributed by atoms with Crippen molar-refractivity contribution in [2.45, 2.75) is 49.9 Å². The second kappa shape index (κ2) is 4.52. The summed E-state index contributed by atoms with van der Waals surface area (Å²) in [5.41, 5.74) is 2.32. The van der Waals surface area contributed by atoms with Gasteiger partial charge in [0, 0.05) is 22.9 Å². The predicted molar refractivity (Wildman–Crippen MR) is 86.8 cm³/mol. The smallest absolute Gasteiger partial charge is 0.165 e. The van der Waals surface area contributed by atoms with E-state index in [2.05, 4.69) is 24.0 Å². The molecule has 0 amide bonds. The number of benzene rings is 1. The summed E-state index contributed by atoms with van der Waals surface area (Å²) in [6.07, 6.45) is 6.43. The Bertz CT molecular complexity index is 700. The summed E-state index contributed by atoms with van der Waals surface area (Å²) in [7, 11) is 0. The first-order valence-corrected chi connectivity index (χ1v) is 8.79. The number of hydrogen-bond acceptors (Lipinski definition) is 4. The van der Waals surface area contributed by atoms with E-state index in [1.54, 1.807) is 6.07 Å². The van der Waals surface area contributed by atoms with E-state index >= 15 is 0 Å². The van der Waals surface area contributed by atoms with Crippen molar-refractivity contribution in [1.29, 1.82) is 0 Å². The minimum atomic E-state index is -0.595. The Morgan fingerprint density at radius 1 is 1.35 bits per heavy atom. The van der Waals surface area contributed by atoms with Crippen molar-refractivity contribution < 1.29 is 14.9 Å². The lowest BCUT2D eigenvalue weighted by atomic mass is 9.53. The summed E-state index contributed by atoms with van der Waals surface area (Å²) < 4.78 is 6.15. The minimum Gasteiger partial charge on any atom is -0.504 e. The van der Waals surface area contributed by atoms with Crippen LogP contribution in [-0.4, -0.2) is 46.5 Å². The molecule has 2 N–H and O–H groups in total. The molecule has 4 aliphatic rings. The highest BCUT2D eigenvalue weighted by atomic mass is 16.5. The molecule has 1 saturated heterocycles. The molecule has 0 aromatic heterocycles. The van der Waals surface area contributed by atoms with Crippen molar-refractivity contribution in [1.82, 2.24) is 4.90 Å². The quantitative estimate of drug-likeness (QED) is 0.820. The molecule has 1 aromatic rings. The van der Waals surface area contributed by atoms with Gasteiger partial charge in [-0.25, -0.2) is 0 Å². The van der Waals surface area contributed by atoms with Gasteiger partial charge in [-0.05, 0) is 44.0 Å². The molecule has 0 saturated carbocycles. The summed E-state index contributed by atoms with van der Waals surface area (Å²) in [6, 6.07) is 4.29. The van der Waals surface area contributed by atoms with Gasteiger partial charge in [0.1, 0.15) is 12.2 Å². The Kier molecular flexibility index (Phi) is 2.73. The van der Waals surface area contributed by atoms with Crippen LogP contribution in [0.15, 0.2) is 24.3 Å². The molecule has 1 fully saturated rings. The summed E-state index contributed by atoms with van der Waals surface area (Å²) in [5.74, 6) is 1.21. The lowest BCUT2D eigenvalue weighted by Gasteiger charge is -2.57. The molecule has 0 unspecified atom stereocenters. The highest BCUT2D eigenvalue weighted by Gasteiger charge is 2.64. The summed E-state index contributed by atoms with van der Waals surface area (Å²) in [6.45, 7) is 4.41. The fourth-order valence-electron chi connectivity index (χ4n) is 5.70. The van der Waals surface area contributed by atoms with Crippen LogP contribution in [0.3, 0.4) is 0 Å². The molecule has 122 valence electrons. The predicted octanol–water partition coefficient (Wildman–Crippen LogP) is 1.98. The number of ether oxygens (including phenoxy) is 1. The van der Waals surface area contributed by atoms with Gasteiger partial charge in [-0.15, -0.1) is 0 Å². The molecule has 1 spiro atoms. The van der Waals surface area contributed by atoms with E-state index < -0.39 is 6.10 Å². The average Bonchev–Trinajstić information content (AvgIpc) is 2.89. The van der Waals surface area contributed by atoms with Crippen LogP contribution in [0.25, 0.3) is 0 Å². The number of rotatable bonds is 2. The SMILES string of the molecule is CCCN1CC[C@]23c4c5ccc(O)c4O[C@H]2[C@@H](O)C=C[C@H]3[C@H]1C5. The molecule has 23 heavy (non-hydrogen) atoms. The molecular weight excluding hydrogens is 290 g/mol. The van der Waals surface area contributed by atoms with Crippen molar-refractivity contribution >= 4 is 0 Å². The molecule has 5 rings (SSSR count). The lowest BCUT2D eigenvalue weighted by Crippen LogP contribution is -2.65. The normalized spacial score (nSPS) is 39.9. The van der Waals surface area contributed by atoms with Crippen molar-refractivity contribution in [3.05, 3.63) is 35.4 Å². The third-order valence-corrected chi connectivity index (χ3v) is 6.50. The van der Waals surface area contributed by atoms with Crippen LogP contribution in [-0.2, 0) is 11.8 Å². The molecule has 5 atom stereocenters. The number of aromatic hydroxyl groups is 1. The van der Waals surface area contributed by atoms with Crippen molar-refractivity contribution in [3.8, 4) is 11.5 Å². The van der Waals surface area contributed by atoms with Crippen LogP contribution >= 0.6 is 0 Å². The monoisotopic (exact) mass is 313 g/mol. The Hall–Kier alpha value is -1.52.